The normalized spacial score (nSPS) is 9.47. The predicted octanol–water partition coefficient (Wildman–Crippen LogP) is 0.852. The minimum atomic E-state index is -0.569. The minimum absolute atomic E-state index is 0.330. The van der Waals surface area contributed by atoms with Crippen LogP contribution in [0.15, 0.2) is 0 Å². The van der Waals surface area contributed by atoms with Crippen molar-refractivity contribution in [1.82, 2.24) is 0 Å². The monoisotopic (exact) mass is 216 g/mol. The Morgan fingerprint density at radius 3 is 2.33 bits per heavy atom. The van der Waals surface area contributed by atoms with Gasteiger partial charge in [0.25, 0.3) is 0 Å². The molecule has 0 atom stereocenters. The molecule has 0 saturated carbocycles. The molecule has 15 heavy (non-hydrogen) atoms. The van der Waals surface area contributed by atoms with Crippen LogP contribution in [0.4, 0.5) is 0 Å². The molecule has 0 amide bonds. The highest BCUT2D eigenvalue weighted by Crippen LogP contribution is 1.94. The van der Waals surface area contributed by atoms with E-state index in [0.717, 1.165) is 12.8 Å². The van der Waals surface area contributed by atoms with Gasteiger partial charge in [0, 0.05) is 6.92 Å². The van der Waals surface area contributed by atoms with Crippen LogP contribution in [0, 0.1) is 0 Å². The second-order valence-corrected chi connectivity index (χ2v) is 3.07. The lowest BCUT2D eigenvalue weighted by atomic mass is 10.3. The highest BCUT2D eigenvalue weighted by Gasteiger charge is 2.11. The van der Waals surface area contributed by atoms with E-state index >= 15 is 0 Å². The van der Waals surface area contributed by atoms with Gasteiger partial charge in [0.2, 0.25) is 0 Å². The third kappa shape index (κ3) is 8.93. The zero-order valence-electron chi connectivity index (χ0n) is 9.08. The number of hydrogen-bond acceptors (Lipinski definition) is 5. The van der Waals surface area contributed by atoms with E-state index in [9.17, 15) is 14.4 Å². The molecule has 0 saturated heterocycles. The Bertz CT molecular complexity index is 234. The summed E-state index contributed by atoms with van der Waals surface area (Å²) in [4.78, 5) is 32.4. The van der Waals surface area contributed by atoms with Gasteiger partial charge < -0.3 is 9.47 Å². The maximum atomic E-state index is 11.0. The van der Waals surface area contributed by atoms with Crippen LogP contribution in [0.2, 0.25) is 0 Å². The van der Waals surface area contributed by atoms with Gasteiger partial charge in [0.05, 0.1) is 6.61 Å². The maximum absolute atomic E-state index is 11.0. The van der Waals surface area contributed by atoms with Crippen LogP contribution in [0.1, 0.15) is 33.1 Å². The molecule has 0 N–H and O–H groups in total. The Balaban J connectivity index is 3.58. The van der Waals surface area contributed by atoms with Crippen molar-refractivity contribution in [3.8, 4) is 0 Å². The Labute approximate surface area is 88.7 Å². The first kappa shape index (κ1) is 13.6. The lowest BCUT2D eigenvalue weighted by Crippen LogP contribution is -2.17. The fraction of sp³-hybridized carbons (Fsp3) is 0.700. The van der Waals surface area contributed by atoms with Crippen molar-refractivity contribution in [2.75, 3.05) is 13.2 Å². The Hall–Kier alpha value is -1.39. The summed E-state index contributed by atoms with van der Waals surface area (Å²) in [6.07, 6.45) is 1.37. The standard InChI is InChI=1S/C10H16O5/c1-3-4-5-14-10(13)6-9(12)7-15-8(2)11/h3-7H2,1-2H3. The topological polar surface area (TPSA) is 69.7 Å². The van der Waals surface area contributed by atoms with E-state index in [4.69, 9.17) is 4.74 Å². The maximum Gasteiger partial charge on any atom is 0.313 e. The van der Waals surface area contributed by atoms with Gasteiger partial charge in [-0.1, -0.05) is 13.3 Å². The first-order chi connectivity index (χ1) is 7.06. The van der Waals surface area contributed by atoms with Gasteiger partial charge in [0.1, 0.15) is 6.42 Å². The molecule has 0 rings (SSSR count). The smallest absolute Gasteiger partial charge is 0.313 e. The molecule has 0 aromatic carbocycles. The molecular weight excluding hydrogens is 200 g/mol. The largest absolute Gasteiger partial charge is 0.465 e. The number of hydrogen-bond donors (Lipinski definition) is 0. The third-order valence-electron chi connectivity index (χ3n) is 1.54. The van der Waals surface area contributed by atoms with Crippen LogP contribution in [0.5, 0.6) is 0 Å². The van der Waals surface area contributed by atoms with E-state index in [1.165, 1.54) is 6.92 Å². The zero-order valence-corrected chi connectivity index (χ0v) is 9.08. The van der Waals surface area contributed by atoms with Gasteiger partial charge in [-0.05, 0) is 6.42 Å². The molecule has 0 aromatic rings. The van der Waals surface area contributed by atoms with Gasteiger partial charge in [-0.15, -0.1) is 0 Å². The summed E-state index contributed by atoms with van der Waals surface area (Å²) in [5, 5.41) is 0. The van der Waals surface area contributed by atoms with Crippen molar-refractivity contribution in [2.24, 2.45) is 0 Å². The second-order valence-electron chi connectivity index (χ2n) is 3.07. The molecule has 0 fully saturated rings. The van der Waals surface area contributed by atoms with E-state index in [-0.39, 0.29) is 13.0 Å². The van der Waals surface area contributed by atoms with E-state index in [0.29, 0.717) is 6.61 Å². The summed E-state index contributed by atoms with van der Waals surface area (Å²) < 4.78 is 9.19. The molecule has 0 aliphatic rings. The van der Waals surface area contributed by atoms with Crippen LogP contribution < -0.4 is 0 Å². The van der Waals surface area contributed by atoms with Crippen molar-refractivity contribution >= 4 is 17.7 Å². The first-order valence-electron chi connectivity index (χ1n) is 4.87. The Morgan fingerprint density at radius 2 is 1.80 bits per heavy atom. The number of esters is 2. The molecule has 0 aromatic heterocycles. The average molecular weight is 216 g/mol. The zero-order chi connectivity index (χ0) is 11.7. The fourth-order valence-electron chi connectivity index (χ4n) is 0.776. The van der Waals surface area contributed by atoms with E-state index in [1.54, 1.807) is 0 Å². The molecule has 0 aliphatic carbocycles. The first-order valence-corrected chi connectivity index (χ1v) is 4.87. The molecule has 0 unspecified atom stereocenters. The van der Waals surface area contributed by atoms with Crippen LogP contribution in [-0.2, 0) is 23.9 Å². The van der Waals surface area contributed by atoms with Gasteiger partial charge in [-0.25, -0.2) is 0 Å². The fourth-order valence-corrected chi connectivity index (χ4v) is 0.776. The van der Waals surface area contributed by atoms with Gasteiger partial charge in [-0.2, -0.15) is 0 Å². The number of carbonyl (C=O) groups is 3. The van der Waals surface area contributed by atoms with Gasteiger partial charge in [-0.3, -0.25) is 14.4 Å². The molecule has 0 bridgehead atoms. The van der Waals surface area contributed by atoms with Crippen LogP contribution in [0.3, 0.4) is 0 Å². The SMILES string of the molecule is CCCCOC(=O)CC(=O)COC(C)=O. The molecule has 5 nitrogen and oxygen atoms in total. The van der Waals surface area contributed by atoms with E-state index < -0.39 is 17.7 Å². The number of Topliss-reactive ketones (excluding diaryl/α,β-unsaturated/α-hetero) is 1. The molecule has 5 heteroatoms. The lowest BCUT2D eigenvalue weighted by Gasteiger charge is -2.03. The second kappa shape index (κ2) is 7.96. The quantitative estimate of drug-likeness (QED) is 0.358. The van der Waals surface area contributed by atoms with E-state index in [2.05, 4.69) is 4.74 Å². The highest BCUT2D eigenvalue weighted by molar-refractivity contribution is 5.96. The summed E-state index contributed by atoms with van der Waals surface area (Å²) in [6.45, 7) is 3.14. The van der Waals surface area contributed by atoms with Crippen LogP contribution in [0.25, 0.3) is 0 Å². The molecule has 0 radical (unpaired) electrons. The number of rotatable bonds is 7. The summed E-state index contributed by atoms with van der Waals surface area (Å²) in [5.41, 5.74) is 0. The minimum Gasteiger partial charge on any atom is -0.465 e. The van der Waals surface area contributed by atoms with Crippen molar-refractivity contribution in [1.29, 1.82) is 0 Å². The van der Waals surface area contributed by atoms with Crippen LogP contribution in [-0.4, -0.2) is 30.9 Å². The Morgan fingerprint density at radius 1 is 1.13 bits per heavy atom. The number of ketones is 1. The lowest BCUT2D eigenvalue weighted by molar-refractivity contribution is -0.151. The predicted molar refractivity (Wildman–Crippen MR) is 52.1 cm³/mol. The molecular formula is C10H16O5. The van der Waals surface area contributed by atoms with Crippen molar-refractivity contribution in [2.45, 2.75) is 33.1 Å². The third-order valence-corrected chi connectivity index (χ3v) is 1.54. The highest BCUT2D eigenvalue weighted by atomic mass is 16.5. The summed E-state index contributed by atoms with van der Waals surface area (Å²) in [5.74, 6) is -1.56. The molecule has 0 spiro atoms. The number of carbonyl (C=O) groups excluding carboxylic acids is 3. The van der Waals surface area contributed by atoms with Crippen molar-refractivity contribution in [3.05, 3.63) is 0 Å². The molecule has 0 aliphatic heterocycles. The van der Waals surface area contributed by atoms with Crippen molar-refractivity contribution in [3.63, 3.8) is 0 Å². The summed E-state index contributed by atoms with van der Waals surface area (Å²) in [6, 6.07) is 0. The number of ether oxygens (including phenoxy) is 2. The van der Waals surface area contributed by atoms with Crippen molar-refractivity contribution < 1.29 is 23.9 Å². The van der Waals surface area contributed by atoms with E-state index in [1.807, 2.05) is 6.92 Å². The summed E-state index contributed by atoms with van der Waals surface area (Å²) >= 11 is 0. The van der Waals surface area contributed by atoms with Crippen LogP contribution >= 0.6 is 0 Å². The Kier molecular flexibility index (Phi) is 7.23. The average Bonchev–Trinajstić information content (AvgIpc) is 2.15. The summed E-state index contributed by atoms with van der Waals surface area (Å²) in [7, 11) is 0. The molecule has 86 valence electrons. The van der Waals surface area contributed by atoms with Gasteiger partial charge >= 0.3 is 11.9 Å². The van der Waals surface area contributed by atoms with Gasteiger partial charge in [0.15, 0.2) is 12.4 Å². The number of unbranched alkanes of at least 4 members (excludes halogenated alkanes) is 1. The molecule has 0 heterocycles.